The SMILES string of the molecule is CC(C)Cc1nc(CN2CCCCC2C(N)=O)no1. The van der Waals surface area contributed by atoms with E-state index < -0.39 is 0 Å². The van der Waals surface area contributed by atoms with Crippen LogP contribution in [0.15, 0.2) is 4.52 Å². The monoisotopic (exact) mass is 266 g/mol. The Kier molecular flexibility index (Phi) is 4.52. The number of likely N-dealkylation sites (tertiary alicyclic amines) is 1. The zero-order valence-electron chi connectivity index (χ0n) is 11.6. The van der Waals surface area contributed by atoms with Crippen LogP contribution in [0.5, 0.6) is 0 Å². The van der Waals surface area contributed by atoms with Crippen molar-refractivity contribution in [3.8, 4) is 0 Å². The minimum Gasteiger partial charge on any atom is -0.368 e. The highest BCUT2D eigenvalue weighted by molar-refractivity contribution is 5.79. The average molecular weight is 266 g/mol. The molecule has 1 unspecified atom stereocenters. The maximum atomic E-state index is 11.4. The van der Waals surface area contributed by atoms with Crippen molar-refractivity contribution >= 4 is 5.91 Å². The van der Waals surface area contributed by atoms with Crippen molar-refractivity contribution in [1.82, 2.24) is 15.0 Å². The van der Waals surface area contributed by atoms with Crippen molar-refractivity contribution in [2.45, 2.75) is 52.1 Å². The fraction of sp³-hybridized carbons (Fsp3) is 0.769. The molecule has 0 radical (unpaired) electrons. The summed E-state index contributed by atoms with van der Waals surface area (Å²) in [5.41, 5.74) is 5.44. The van der Waals surface area contributed by atoms with E-state index in [1.165, 1.54) is 0 Å². The summed E-state index contributed by atoms with van der Waals surface area (Å²) in [5, 5.41) is 3.98. The number of amides is 1. The van der Waals surface area contributed by atoms with E-state index in [4.69, 9.17) is 10.3 Å². The van der Waals surface area contributed by atoms with Gasteiger partial charge in [0.25, 0.3) is 0 Å². The molecule has 0 aromatic carbocycles. The molecular weight excluding hydrogens is 244 g/mol. The minimum atomic E-state index is -0.259. The Morgan fingerprint density at radius 1 is 1.53 bits per heavy atom. The van der Waals surface area contributed by atoms with Crippen LogP contribution in [0.25, 0.3) is 0 Å². The van der Waals surface area contributed by atoms with Gasteiger partial charge >= 0.3 is 0 Å². The summed E-state index contributed by atoms with van der Waals surface area (Å²) in [5.74, 6) is 1.54. The number of primary amides is 1. The van der Waals surface area contributed by atoms with Crippen molar-refractivity contribution in [1.29, 1.82) is 0 Å². The number of nitrogens with zero attached hydrogens (tertiary/aromatic N) is 3. The van der Waals surface area contributed by atoms with E-state index in [-0.39, 0.29) is 11.9 Å². The molecule has 1 atom stereocenters. The molecule has 2 heterocycles. The van der Waals surface area contributed by atoms with Gasteiger partial charge in [0, 0.05) is 6.42 Å². The number of carbonyl (C=O) groups is 1. The minimum absolute atomic E-state index is 0.194. The first-order valence-electron chi connectivity index (χ1n) is 6.91. The Labute approximate surface area is 113 Å². The zero-order valence-corrected chi connectivity index (χ0v) is 11.6. The molecule has 106 valence electrons. The van der Waals surface area contributed by atoms with E-state index >= 15 is 0 Å². The van der Waals surface area contributed by atoms with Gasteiger partial charge in [0.15, 0.2) is 5.82 Å². The van der Waals surface area contributed by atoms with E-state index in [9.17, 15) is 4.79 Å². The Bertz CT molecular complexity index is 430. The van der Waals surface area contributed by atoms with Gasteiger partial charge in [0.05, 0.1) is 12.6 Å². The smallest absolute Gasteiger partial charge is 0.234 e. The standard InChI is InChI=1S/C13H22N4O2/c1-9(2)7-12-15-11(16-19-12)8-17-6-4-3-5-10(17)13(14)18/h9-10H,3-8H2,1-2H3,(H2,14,18). The zero-order chi connectivity index (χ0) is 13.8. The fourth-order valence-corrected chi connectivity index (χ4v) is 2.47. The molecule has 0 saturated carbocycles. The van der Waals surface area contributed by atoms with Crippen LogP contribution in [0.1, 0.15) is 44.8 Å². The lowest BCUT2D eigenvalue weighted by Gasteiger charge is -2.32. The van der Waals surface area contributed by atoms with Gasteiger partial charge < -0.3 is 10.3 Å². The third-order valence-electron chi connectivity index (χ3n) is 3.38. The molecule has 2 rings (SSSR count). The molecule has 1 aliphatic rings. The van der Waals surface area contributed by atoms with Gasteiger partial charge in [-0.1, -0.05) is 25.4 Å². The van der Waals surface area contributed by atoms with Gasteiger partial charge in [-0.15, -0.1) is 0 Å². The number of carbonyl (C=O) groups excluding carboxylic acids is 1. The van der Waals surface area contributed by atoms with Crippen LogP contribution in [0, 0.1) is 5.92 Å². The first kappa shape index (κ1) is 14.0. The molecule has 1 aromatic rings. The molecule has 1 aromatic heterocycles. The highest BCUT2D eigenvalue weighted by Crippen LogP contribution is 2.18. The van der Waals surface area contributed by atoms with Crippen molar-refractivity contribution in [2.24, 2.45) is 11.7 Å². The van der Waals surface area contributed by atoms with Crippen molar-refractivity contribution in [3.05, 3.63) is 11.7 Å². The Balaban J connectivity index is 1.98. The molecule has 0 aliphatic carbocycles. The van der Waals surface area contributed by atoms with Gasteiger partial charge in [-0.3, -0.25) is 9.69 Å². The molecule has 0 bridgehead atoms. The third-order valence-corrected chi connectivity index (χ3v) is 3.38. The normalized spacial score (nSPS) is 20.9. The summed E-state index contributed by atoms with van der Waals surface area (Å²) in [6, 6.07) is -0.194. The lowest BCUT2D eigenvalue weighted by Crippen LogP contribution is -2.47. The largest absolute Gasteiger partial charge is 0.368 e. The summed E-state index contributed by atoms with van der Waals surface area (Å²) in [4.78, 5) is 17.8. The Morgan fingerprint density at radius 2 is 2.32 bits per heavy atom. The number of piperidine rings is 1. The predicted octanol–water partition coefficient (Wildman–Crippen LogP) is 1.11. The number of rotatable bonds is 5. The van der Waals surface area contributed by atoms with Crippen LogP contribution >= 0.6 is 0 Å². The molecule has 6 heteroatoms. The quantitative estimate of drug-likeness (QED) is 0.862. The molecule has 1 saturated heterocycles. The summed E-state index contributed by atoms with van der Waals surface area (Å²) in [6.45, 7) is 5.62. The van der Waals surface area contributed by atoms with Crippen molar-refractivity contribution in [2.75, 3.05) is 6.54 Å². The van der Waals surface area contributed by atoms with E-state index in [1.54, 1.807) is 0 Å². The first-order chi connectivity index (χ1) is 9.06. The second kappa shape index (κ2) is 6.14. The van der Waals surface area contributed by atoms with Gasteiger partial charge in [0.1, 0.15) is 0 Å². The fourth-order valence-electron chi connectivity index (χ4n) is 2.47. The highest BCUT2D eigenvalue weighted by atomic mass is 16.5. The summed E-state index contributed by atoms with van der Waals surface area (Å²) in [7, 11) is 0. The summed E-state index contributed by atoms with van der Waals surface area (Å²) < 4.78 is 5.21. The van der Waals surface area contributed by atoms with E-state index in [2.05, 4.69) is 28.9 Å². The Morgan fingerprint density at radius 3 is 3.00 bits per heavy atom. The summed E-state index contributed by atoms with van der Waals surface area (Å²) >= 11 is 0. The lowest BCUT2D eigenvalue weighted by atomic mass is 10.0. The number of nitrogens with two attached hydrogens (primary N) is 1. The van der Waals surface area contributed by atoms with Crippen LogP contribution in [0.2, 0.25) is 0 Å². The Hall–Kier alpha value is -1.43. The molecule has 2 N–H and O–H groups in total. The van der Waals surface area contributed by atoms with Gasteiger partial charge in [-0.25, -0.2) is 0 Å². The van der Waals surface area contributed by atoms with Gasteiger partial charge in [0.2, 0.25) is 11.8 Å². The second-order valence-corrected chi connectivity index (χ2v) is 5.59. The average Bonchev–Trinajstić information content (AvgIpc) is 2.76. The number of aromatic nitrogens is 2. The number of hydrogen-bond donors (Lipinski definition) is 1. The molecule has 19 heavy (non-hydrogen) atoms. The van der Waals surface area contributed by atoms with Crippen LogP contribution in [-0.4, -0.2) is 33.5 Å². The molecule has 1 fully saturated rings. The van der Waals surface area contributed by atoms with Gasteiger partial charge in [-0.05, 0) is 25.3 Å². The summed E-state index contributed by atoms with van der Waals surface area (Å²) in [6.07, 6.45) is 3.74. The number of hydrogen-bond acceptors (Lipinski definition) is 5. The molecule has 0 spiro atoms. The maximum Gasteiger partial charge on any atom is 0.234 e. The van der Waals surface area contributed by atoms with E-state index in [1.807, 2.05) is 0 Å². The van der Waals surface area contributed by atoms with Crippen LogP contribution in [0.4, 0.5) is 0 Å². The first-order valence-corrected chi connectivity index (χ1v) is 6.91. The molecular formula is C13H22N4O2. The van der Waals surface area contributed by atoms with Crippen molar-refractivity contribution in [3.63, 3.8) is 0 Å². The highest BCUT2D eigenvalue weighted by Gasteiger charge is 2.28. The van der Waals surface area contributed by atoms with Crippen LogP contribution in [-0.2, 0) is 17.8 Å². The van der Waals surface area contributed by atoms with E-state index in [0.717, 1.165) is 32.2 Å². The molecule has 1 aliphatic heterocycles. The lowest BCUT2D eigenvalue weighted by molar-refractivity contribution is -0.124. The molecule has 1 amide bonds. The second-order valence-electron chi connectivity index (χ2n) is 5.59. The third kappa shape index (κ3) is 3.76. The van der Waals surface area contributed by atoms with Crippen molar-refractivity contribution < 1.29 is 9.32 Å². The van der Waals surface area contributed by atoms with E-state index in [0.29, 0.717) is 24.2 Å². The van der Waals surface area contributed by atoms with Gasteiger partial charge in [-0.2, -0.15) is 4.98 Å². The van der Waals surface area contributed by atoms with Crippen LogP contribution < -0.4 is 5.73 Å². The predicted molar refractivity (Wildman–Crippen MR) is 70.1 cm³/mol. The molecule has 6 nitrogen and oxygen atoms in total. The van der Waals surface area contributed by atoms with Crippen LogP contribution in [0.3, 0.4) is 0 Å². The maximum absolute atomic E-state index is 11.4. The topological polar surface area (TPSA) is 85.3 Å².